The van der Waals surface area contributed by atoms with E-state index < -0.39 is 11.7 Å². The van der Waals surface area contributed by atoms with Gasteiger partial charge in [-0.25, -0.2) is 4.39 Å². The van der Waals surface area contributed by atoms with Gasteiger partial charge in [-0.3, -0.25) is 14.8 Å². The number of nitrogens with zero attached hydrogens (tertiary/aromatic N) is 2. The number of carbonyl (C=O) groups excluding carboxylic acids is 1. The fraction of sp³-hybridized carbons (Fsp3) is 0.208. The molecule has 4 rings (SSSR count). The monoisotopic (exact) mass is 466 g/mol. The summed E-state index contributed by atoms with van der Waals surface area (Å²) in [4.78, 5) is 21.2. The minimum absolute atomic E-state index is 0.0288. The number of fused-ring (bicyclic) bond motifs is 1. The first kappa shape index (κ1) is 22.8. The zero-order chi connectivity index (χ0) is 23.2. The van der Waals surface area contributed by atoms with Crippen molar-refractivity contribution in [1.82, 2.24) is 15.3 Å². The molecule has 0 fully saturated rings. The van der Waals surface area contributed by atoms with Gasteiger partial charge in [0.2, 0.25) is 5.91 Å². The predicted molar refractivity (Wildman–Crippen MR) is 126 cm³/mol. The van der Waals surface area contributed by atoms with Gasteiger partial charge in [0.15, 0.2) is 11.6 Å². The molecule has 4 aromatic rings. The summed E-state index contributed by atoms with van der Waals surface area (Å²) in [6.07, 6.45) is 1.59. The highest BCUT2D eigenvalue weighted by atomic mass is 32.1. The maximum Gasteiger partial charge on any atom is 0.221 e. The summed E-state index contributed by atoms with van der Waals surface area (Å²) in [5, 5.41) is 3.29. The fourth-order valence-electron chi connectivity index (χ4n) is 3.28. The zero-order valence-corrected chi connectivity index (χ0v) is 18.8. The Morgan fingerprint density at radius 2 is 2.06 bits per heavy atom. The number of carbonyl (C=O) groups is 1. The van der Waals surface area contributed by atoms with Crippen LogP contribution in [0.1, 0.15) is 11.3 Å². The lowest BCUT2D eigenvalue weighted by atomic mass is 10.1. The van der Waals surface area contributed by atoms with E-state index in [0.717, 1.165) is 33.0 Å². The quantitative estimate of drug-likeness (QED) is 0.342. The highest BCUT2D eigenvalue weighted by molar-refractivity contribution is 7.22. The van der Waals surface area contributed by atoms with Crippen LogP contribution in [-0.4, -0.2) is 36.1 Å². The van der Waals surface area contributed by atoms with Crippen LogP contribution in [0.4, 0.5) is 4.39 Å². The number of aromatic nitrogens is 2. The Bertz CT molecular complexity index is 1280. The number of ether oxygens (including phenoxy) is 2. The summed E-state index contributed by atoms with van der Waals surface area (Å²) in [5.41, 5.74) is 8.17. The molecule has 0 aliphatic rings. The standard InChI is InChI=1S/C24H23FN4O3S/c1-31-10-9-27-14-16-3-2-4-18(29-16)22-13-19-24(33-22)21(7-8-28-19)32-20-6-5-15(11-17(20)25)12-23(26)30/h2-8,11,13,27H,9-10,12,14H2,1H3,(H2,26,30). The van der Waals surface area contributed by atoms with E-state index in [2.05, 4.69) is 10.3 Å². The molecule has 0 atom stereocenters. The van der Waals surface area contributed by atoms with Gasteiger partial charge in [-0.15, -0.1) is 11.3 Å². The van der Waals surface area contributed by atoms with Crippen LogP contribution in [0.5, 0.6) is 11.5 Å². The van der Waals surface area contributed by atoms with Crippen molar-refractivity contribution in [3.05, 3.63) is 71.8 Å². The van der Waals surface area contributed by atoms with Gasteiger partial charge < -0.3 is 20.5 Å². The summed E-state index contributed by atoms with van der Waals surface area (Å²) in [7, 11) is 1.67. The third-order valence-electron chi connectivity index (χ3n) is 4.82. The molecule has 0 saturated heterocycles. The van der Waals surface area contributed by atoms with Crippen molar-refractivity contribution in [1.29, 1.82) is 0 Å². The molecular formula is C24H23FN4O3S. The number of benzene rings is 1. The first-order chi connectivity index (χ1) is 16.0. The molecule has 1 aromatic carbocycles. The second-order valence-electron chi connectivity index (χ2n) is 7.33. The van der Waals surface area contributed by atoms with Crippen molar-refractivity contribution in [3.63, 3.8) is 0 Å². The summed E-state index contributed by atoms with van der Waals surface area (Å²) in [6.45, 7) is 2.02. The molecule has 0 unspecified atom stereocenters. The normalized spacial score (nSPS) is 11.1. The highest BCUT2D eigenvalue weighted by Gasteiger charge is 2.14. The van der Waals surface area contributed by atoms with Gasteiger partial charge >= 0.3 is 0 Å². The molecule has 0 saturated carbocycles. The summed E-state index contributed by atoms with van der Waals surface area (Å²) in [5.74, 6) is -0.526. The van der Waals surface area contributed by atoms with E-state index in [4.69, 9.17) is 20.2 Å². The molecule has 3 aromatic heterocycles. The van der Waals surface area contributed by atoms with Gasteiger partial charge in [0, 0.05) is 32.5 Å². The first-order valence-corrected chi connectivity index (χ1v) is 11.1. The molecule has 0 aliphatic carbocycles. The lowest BCUT2D eigenvalue weighted by Gasteiger charge is -2.08. The molecule has 9 heteroatoms. The second kappa shape index (κ2) is 10.5. The van der Waals surface area contributed by atoms with Crippen molar-refractivity contribution in [3.8, 4) is 22.1 Å². The smallest absolute Gasteiger partial charge is 0.221 e. The van der Waals surface area contributed by atoms with Crippen molar-refractivity contribution in [2.45, 2.75) is 13.0 Å². The van der Waals surface area contributed by atoms with Crippen LogP contribution < -0.4 is 15.8 Å². The van der Waals surface area contributed by atoms with Crippen LogP contribution in [-0.2, 0) is 22.5 Å². The number of amides is 1. The number of hydrogen-bond donors (Lipinski definition) is 2. The van der Waals surface area contributed by atoms with Crippen molar-refractivity contribution < 1.29 is 18.7 Å². The largest absolute Gasteiger partial charge is 0.453 e. The van der Waals surface area contributed by atoms with E-state index in [-0.39, 0.29) is 12.2 Å². The maximum atomic E-state index is 14.5. The molecule has 33 heavy (non-hydrogen) atoms. The number of nitrogens with two attached hydrogens (primary N) is 1. The van der Waals surface area contributed by atoms with E-state index >= 15 is 0 Å². The van der Waals surface area contributed by atoms with Crippen LogP contribution in [0.3, 0.4) is 0 Å². The minimum Gasteiger partial charge on any atom is -0.453 e. The Balaban J connectivity index is 1.57. The van der Waals surface area contributed by atoms with Crippen molar-refractivity contribution in [2.24, 2.45) is 5.73 Å². The lowest BCUT2D eigenvalue weighted by molar-refractivity contribution is -0.117. The SMILES string of the molecule is COCCNCc1cccc(-c2cc3nccc(Oc4ccc(CC(N)=O)cc4F)c3s2)n1. The number of thiophene rings is 1. The van der Waals surface area contributed by atoms with Gasteiger partial charge in [-0.05, 0) is 35.9 Å². The van der Waals surface area contributed by atoms with E-state index in [9.17, 15) is 9.18 Å². The molecule has 0 spiro atoms. The first-order valence-electron chi connectivity index (χ1n) is 10.3. The van der Waals surface area contributed by atoms with E-state index in [0.29, 0.717) is 24.5 Å². The van der Waals surface area contributed by atoms with Crippen LogP contribution >= 0.6 is 11.3 Å². The number of pyridine rings is 2. The Labute approximate surface area is 194 Å². The molecular weight excluding hydrogens is 443 g/mol. The van der Waals surface area contributed by atoms with Gasteiger partial charge in [0.25, 0.3) is 0 Å². The average Bonchev–Trinajstić information content (AvgIpc) is 3.24. The van der Waals surface area contributed by atoms with Crippen molar-refractivity contribution >= 4 is 27.5 Å². The Morgan fingerprint density at radius 3 is 2.85 bits per heavy atom. The van der Waals surface area contributed by atoms with E-state index in [1.807, 2.05) is 24.3 Å². The fourth-order valence-corrected chi connectivity index (χ4v) is 4.32. The highest BCUT2D eigenvalue weighted by Crippen LogP contribution is 2.39. The van der Waals surface area contributed by atoms with Gasteiger partial charge in [0.05, 0.1) is 39.5 Å². The summed E-state index contributed by atoms with van der Waals surface area (Å²) >= 11 is 1.48. The van der Waals surface area contributed by atoms with Crippen LogP contribution in [0.25, 0.3) is 20.8 Å². The molecule has 7 nitrogen and oxygen atoms in total. The topological polar surface area (TPSA) is 99.4 Å². The molecule has 0 bridgehead atoms. The molecule has 0 radical (unpaired) electrons. The molecule has 0 aliphatic heterocycles. The van der Waals surface area contributed by atoms with Gasteiger partial charge in [-0.2, -0.15) is 0 Å². The number of rotatable bonds is 10. The zero-order valence-electron chi connectivity index (χ0n) is 18.0. The van der Waals surface area contributed by atoms with Crippen LogP contribution in [0, 0.1) is 5.82 Å². The summed E-state index contributed by atoms with van der Waals surface area (Å²) < 4.78 is 26.2. The number of halogens is 1. The maximum absolute atomic E-state index is 14.5. The third-order valence-corrected chi connectivity index (χ3v) is 5.98. The second-order valence-corrected chi connectivity index (χ2v) is 8.38. The molecule has 3 N–H and O–H groups in total. The Hall–Kier alpha value is -3.40. The number of primary amides is 1. The summed E-state index contributed by atoms with van der Waals surface area (Å²) in [6, 6.07) is 13.9. The van der Waals surface area contributed by atoms with Crippen LogP contribution in [0.2, 0.25) is 0 Å². The number of nitrogens with one attached hydrogen (secondary N) is 1. The third kappa shape index (κ3) is 5.70. The number of hydrogen-bond acceptors (Lipinski definition) is 7. The molecule has 1 amide bonds. The molecule has 170 valence electrons. The van der Waals surface area contributed by atoms with Gasteiger partial charge in [-0.1, -0.05) is 12.1 Å². The predicted octanol–water partition coefficient (Wildman–Crippen LogP) is 4.05. The van der Waals surface area contributed by atoms with Crippen LogP contribution in [0.15, 0.2) is 54.7 Å². The lowest BCUT2D eigenvalue weighted by Crippen LogP contribution is -2.19. The van der Waals surface area contributed by atoms with E-state index in [1.54, 1.807) is 25.4 Å². The molecule has 3 heterocycles. The average molecular weight is 467 g/mol. The Kier molecular flexibility index (Phi) is 7.23. The number of methoxy groups -OCH3 is 1. The Morgan fingerprint density at radius 1 is 1.18 bits per heavy atom. The van der Waals surface area contributed by atoms with Gasteiger partial charge in [0.1, 0.15) is 5.75 Å². The van der Waals surface area contributed by atoms with E-state index in [1.165, 1.54) is 23.5 Å². The van der Waals surface area contributed by atoms with Crippen molar-refractivity contribution in [2.75, 3.05) is 20.3 Å². The minimum atomic E-state index is -0.564.